The Balaban J connectivity index is 1.97. The van der Waals surface area contributed by atoms with Crippen molar-refractivity contribution in [1.29, 1.82) is 0 Å². The minimum Gasteiger partial charge on any atom is -0.435 e. The zero-order valence-corrected chi connectivity index (χ0v) is 10.4. The second kappa shape index (κ2) is 6.13. The molecule has 0 saturated heterocycles. The standard InChI is InChI=1S/C14H14F2N2O/c1-10-5-6-11(8-17-10)9-18-12-3-2-4-13(7-12)19-14(15)16/h2-8,14,18H,9H2,1H3. The van der Waals surface area contributed by atoms with Crippen LogP contribution in [0.1, 0.15) is 11.3 Å². The Labute approximate surface area is 110 Å². The maximum absolute atomic E-state index is 12.1. The lowest BCUT2D eigenvalue weighted by molar-refractivity contribution is -0.0498. The van der Waals surface area contributed by atoms with E-state index >= 15 is 0 Å². The molecule has 0 spiro atoms. The van der Waals surface area contributed by atoms with Crippen molar-refractivity contribution in [1.82, 2.24) is 4.98 Å². The molecule has 0 fully saturated rings. The van der Waals surface area contributed by atoms with E-state index in [0.29, 0.717) is 6.54 Å². The molecule has 0 aliphatic carbocycles. The number of nitrogens with one attached hydrogen (secondary N) is 1. The first-order valence-corrected chi connectivity index (χ1v) is 5.84. The third-order valence-corrected chi connectivity index (χ3v) is 2.53. The van der Waals surface area contributed by atoms with Crippen LogP contribution in [0, 0.1) is 6.92 Å². The summed E-state index contributed by atoms with van der Waals surface area (Å²) >= 11 is 0. The fourth-order valence-electron chi connectivity index (χ4n) is 1.59. The monoisotopic (exact) mass is 264 g/mol. The van der Waals surface area contributed by atoms with Crippen molar-refractivity contribution >= 4 is 5.69 Å². The Bertz CT molecular complexity index is 529. The van der Waals surface area contributed by atoms with E-state index in [0.717, 1.165) is 16.9 Å². The molecule has 1 heterocycles. The van der Waals surface area contributed by atoms with E-state index in [1.807, 2.05) is 19.1 Å². The molecule has 0 bridgehead atoms. The number of pyridine rings is 1. The molecule has 1 N–H and O–H groups in total. The molecule has 3 nitrogen and oxygen atoms in total. The van der Waals surface area contributed by atoms with Gasteiger partial charge in [0.25, 0.3) is 0 Å². The Morgan fingerprint density at radius 3 is 2.79 bits per heavy atom. The molecule has 0 atom stereocenters. The van der Waals surface area contributed by atoms with E-state index in [2.05, 4.69) is 15.0 Å². The van der Waals surface area contributed by atoms with Crippen molar-refractivity contribution in [2.45, 2.75) is 20.1 Å². The molecular weight excluding hydrogens is 250 g/mol. The quantitative estimate of drug-likeness (QED) is 0.895. The lowest BCUT2D eigenvalue weighted by atomic mass is 10.2. The first-order chi connectivity index (χ1) is 9.13. The van der Waals surface area contributed by atoms with Crippen LogP contribution in [-0.2, 0) is 6.54 Å². The van der Waals surface area contributed by atoms with Gasteiger partial charge in [-0.05, 0) is 30.7 Å². The maximum Gasteiger partial charge on any atom is 0.387 e. The number of hydrogen-bond donors (Lipinski definition) is 1. The third kappa shape index (κ3) is 4.21. The lowest BCUT2D eigenvalue weighted by Crippen LogP contribution is -2.03. The molecule has 5 heteroatoms. The van der Waals surface area contributed by atoms with Gasteiger partial charge < -0.3 is 10.1 Å². The van der Waals surface area contributed by atoms with Gasteiger partial charge in [0.1, 0.15) is 5.75 Å². The molecule has 2 rings (SSSR count). The van der Waals surface area contributed by atoms with E-state index in [-0.39, 0.29) is 5.75 Å². The molecular formula is C14H14F2N2O. The van der Waals surface area contributed by atoms with Crippen LogP contribution < -0.4 is 10.1 Å². The van der Waals surface area contributed by atoms with Gasteiger partial charge >= 0.3 is 6.61 Å². The van der Waals surface area contributed by atoms with Crippen molar-refractivity contribution in [3.63, 3.8) is 0 Å². The second-order valence-electron chi connectivity index (χ2n) is 4.07. The first-order valence-electron chi connectivity index (χ1n) is 5.84. The van der Waals surface area contributed by atoms with Crippen molar-refractivity contribution in [2.75, 3.05) is 5.32 Å². The lowest BCUT2D eigenvalue weighted by Gasteiger charge is -2.09. The zero-order valence-electron chi connectivity index (χ0n) is 10.4. The molecule has 0 saturated carbocycles. The van der Waals surface area contributed by atoms with Gasteiger partial charge in [-0.25, -0.2) is 0 Å². The summed E-state index contributed by atoms with van der Waals surface area (Å²) in [7, 11) is 0. The topological polar surface area (TPSA) is 34.1 Å². The molecule has 1 aromatic carbocycles. The Morgan fingerprint density at radius 2 is 2.11 bits per heavy atom. The summed E-state index contributed by atoms with van der Waals surface area (Å²) in [6.07, 6.45) is 1.78. The number of halogens is 2. The molecule has 2 aromatic rings. The average molecular weight is 264 g/mol. The highest BCUT2D eigenvalue weighted by molar-refractivity contribution is 5.48. The van der Waals surface area contributed by atoms with Gasteiger partial charge in [0.2, 0.25) is 0 Å². The largest absolute Gasteiger partial charge is 0.435 e. The highest BCUT2D eigenvalue weighted by Gasteiger charge is 2.04. The van der Waals surface area contributed by atoms with Crippen LogP contribution in [0.2, 0.25) is 0 Å². The highest BCUT2D eigenvalue weighted by Crippen LogP contribution is 2.19. The number of hydrogen-bond acceptors (Lipinski definition) is 3. The van der Waals surface area contributed by atoms with Crippen LogP contribution in [0.4, 0.5) is 14.5 Å². The average Bonchev–Trinajstić information content (AvgIpc) is 2.38. The summed E-state index contributed by atoms with van der Waals surface area (Å²) in [6, 6.07) is 10.4. The highest BCUT2D eigenvalue weighted by atomic mass is 19.3. The Kier molecular flexibility index (Phi) is 4.28. The van der Waals surface area contributed by atoms with Crippen LogP contribution in [0.3, 0.4) is 0 Å². The van der Waals surface area contributed by atoms with Gasteiger partial charge in [-0.1, -0.05) is 12.1 Å². The fourth-order valence-corrected chi connectivity index (χ4v) is 1.59. The number of benzene rings is 1. The van der Waals surface area contributed by atoms with Crippen molar-refractivity contribution in [3.05, 3.63) is 53.9 Å². The summed E-state index contributed by atoms with van der Waals surface area (Å²) in [5.41, 5.74) is 2.69. The van der Waals surface area contributed by atoms with Crippen LogP contribution in [0.25, 0.3) is 0 Å². The molecule has 0 unspecified atom stereocenters. The Hall–Kier alpha value is -2.17. The van der Waals surface area contributed by atoms with Gasteiger partial charge in [-0.15, -0.1) is 0 Å². The second-order valence-corrected chi connectivity index (χ2v) is 4.07. The maximum atomic E-state index is 12.1. The SMILES string of the molecule is Cc1ccc(CNc2cccc(OC(F)F)c2)cn1. The summed E-state index contributed by atoms with van der Waals surface area (Å²) in [6.45, 7) is -0.315. The van der Waals surface area contributed by atoms with Gasteiger partial charge in [0.05, 0.1) is 0 Å². The number of anilines is 1. The minimum atomic E-state index is -2.81. The van der Waals surface area contributed by atoms with E-state index in [1.165, 1.54) is 12.1 Å². The summed E-state index contributed by atoms with van der Waals surface area (Å²) in [4.78, 5) is 4.18. The molecule has 0 aliphatic rings. The number of rotatable bonds is 5. The van der Waals surface area contributed by atoms with Crippen LogP contribution in [0.5, 0.6) is 5.75 Å². The molecule has 0 radical (unpaired) electrons. The summed E-state index contributed by atoms with van der Waals surface area (Å²) in [5.74, 6) is 0.141. The minimum absolute atomic E-state index is 0.141. The van der Waals surface area contributed by atoms with Crippen LogP contribution in [0.15, 0.2) is 42.6 Å². The van der Waals surface area contributed by atoms with Crippen molar-refractivity contribution < 1.29 is 13.5 Å². The van der Waals surface area contributed by atoms with Gasteiger partial charge in [-0.3, -0.25) is 4.98 Å². The normalized spacial score (nSPS) is 10.5. The van der Waals surface area contributed by atoms with E-state index in [1.54, 1.807) is 18.3 Å². The first kappa shape index (κ1) is 13.3. The van der Waals surface area contributed by atoms with Gasteiger partial charge in [0.15, 0.2) is 0 Å². The van der Waals surface area contributed by atoms with Crippen molar-refractivity contribution in [2.24, 2.45) is 0 Å². The fraction of sp³-hybridized carbons (Fsp3) is 0.214. The number of ether oxygens (including phenoxy) is 1. The van der Waals surface area contributed by atoms with Crippen LogP contribution >= 0.6 is 0 Å². The predicted octanol–water partition coefficient (Wildman–Crippen LogP) is 3.60. The van der Waals surface area contributed by atoms with E-state index in [9.17, 15) is 8.78 Å². The van der Waals surface area contributed by atoms with Crippen LogP contribution in [-0.4, -0.2) is 11.6 Å². The van der Waals surface area contributed by atoms with Gasteiger partial charge in [-0.2, -0.15) is 8.78 Å². The van der Waals surface area contributed by atoms with E-state index in [4.69, 9.17) is 0 Å². The molecule has 0 amide bonds. The third-order valence-electron chi connectivity index (χ3n) is 2.53. The molecule has 1 aromatic heterocycles. The molecule has 100 valence electrons. The smallest absolute Gasteiger partial charge is 0.387 e. The van der Waals surface area contributed by atoms with E-state index < -0.39 is 6.61 Å². The predicted molar refractivity (Wildman–Crippen MR) is 69.4 cm³/mol. The zero-order chi connectivity index (χ0) is 13.7. The van der Waals surface area contributed by atoms with Gasteiger partial charge in [0, 0.05) is 30.2 Å². The summed E-state index contributed by atoms with van der Waals surface area (Å²) in [5, 5.41) is 3.13. The number of aromatic nitrogens is 1. The molecule has 19 heavy (non-hydrogen) atoms. The number of nitrogens with zero attached hydrogens (tertiary/aromatic N) is 1. The molecule has 0 aliphatic heterocycles. The Morgan fingerprint density at radius 1 is 1.26 bits per heavy atom. The van der Waals surface area contributed by atoms with Crippen molar-refractivity contribution in [3.8, 4) is 5.75 Å². The summed E-state index contributed by atoms with van der Waals surface area (Å²) < 4.78 is 28.5. The number of alkyl halides is 2. The number of aryl methyl sites for hydroxylation is 1.